The Morgan fingerprint density at radius 1 is 1.13 bits per heavy atom. The molecule has 0 saturated heterocycles. The number of aryl methyl sites for hydroxylation is 1. The third kappa shape index (κ3) is 2.49. The first-order valence-corrected chi connectivity index (χ1v) is 8.35. The van der Waals surface area contributed by atoms with Crippen molar-refractivity contribution in [2.75, 3.05) is 12.1 Å². The van der Waals surface area contributed by atoms with Crippen LogP contribution in [0.5, 0.6) is 11.5 Å². The fourth-order valence-corrected chi connectivity index (χ4v) is 3.45. The van der Waals surface area contributed by atoms with Crippen LogP contribution in [0, 0.1) is 6.92 Å². The standard InChI is InChI=1S/C18H16BrNO3/c1-11-8-13(19)3-4-14(11)20-17(21)18(6-7-18)12-2-5-15-16(9-12)23-10-22-15/h2-5,8-9H,6-7,10H2,1H3,(H,20,21). The maximum Gasteiger partial charge on any atom is 0.235 e. The number of fused-ring (bicyclic) bond motifs is 1. The molecule has 1 amide bonds. The summed E-state index contributed by atoms with van der Waals surface area (Å²) >= 11 is 3.44. The van der Waals surface area contributed by atoms with Gasteiger partial charge in [0.2, 0.25) is 12.7 Å². The normalized spacial score (nSPS) is 17.0. The second-order valence-electron chi connectivity index (χ2n) is 6.06. The zero-order valence-corrected chi connectivity index (χ0v) is 14.3. The smallest absolute Gasteiger partial charge is 0.235 e. The second-order valence-corrected chi connectivity index (χ2v) is 6.98. The van der Waals surface area contributed by atoms with E-state index in [2.05, 4.69) is 21.2 Å². The molecule has 1 heterocycles. The van der Waals surface area contributed by atoms with E-state index in [1.807, 2.05) is 43.3 Å². The fraction of sp³-hybridized carbons (Fsp3) is 0.278. The van der Waals surface area contributed by atoms with Crippen LogP contribution in [0.2, 0.25) is 0 Å². The molecule has 0 spiro atoms. The van der Waals surface area contributed by atoms with Gasteiger partial charge in [-0.15, -0.1) is 0 Å². The first-order chi connectivity index (χ1) is 11.1. The lowest BCUT2D eigenvalue weighted by Crippen LogP contribution is -2.28. The van der Waals surface area contributed by atoms with Gasteiger partial charge in [0.05, 0.1) is 5.41 Å². The highest BCUT2D eigenvalue weighted by molar-refractivity contribution is 9.10. The lowest BCUT2D eigenvalue weighted by atomic mass is 9.94. The lowest BCUT2D eigenvalue weighted by Gasteiger charge is -2.17. The van der Waals surface area contributed by atoms with Crippen LogP contribution in [-0.4, -0.2) is 12.7 Å². The van der Waals surface area contributed by atoms with Crippen LogP contribution in [0.4, 0.5) is 5.69 Å². The van der Waals surface area contributed by atoms with Gasteiger partial charge >= 0.3 is 0 Å². The zero-order valence-electron chi connectivity index (χ0n) is 12.7. The van der Waals surface area contributed by atoms with Crippen molar-refractivity contribution in [1.82, 2.24) is 0 Å². The molecule has 0 radical (unpaired) electrons. The molecule has 2 aliphatic rings. The van der Waals surface area contributed by atoms with Gasteiger partial charge in [0.25, 0.3) is 0 Å². The Morgan fingerprint density at radius 2 is 1.91 bits per heavy atom. The summed E-state index contributed by atoms with van der Waals surface area (Å²) in [5, 5.41) is 3.07. The molecule has 4 rings (SSSR count). The molecule has 23 heavy (non-hydrogen) atoms. The second kappa shape index (κ2) is 5.27. The number of carbonyl (C=O) groups is 1. The van der Waals surface area contributed by atoms with Crippen molar-refractivity contribution >= 4 is 27.5 Å². The minimum atomic E-state index is -0.444. The fourth-order valence-electron chi connectivity index (χ4n) is 2.98. The predicted octanol–water partition coefficient (Wildman–Crippen LogP) is 4.16. The van der Waals surface area contributed by atoms with Crippen molar-refractivity contribution in [2.45, 2.75) is 25.2 Å². The van der Waals surface area contributed by atoms with E-state index in [0.717, 1.165) is 45.6 Å². The molecular weight excluding hydrogens is 358 g/mol. The third-order valence-corrected chi connectivity index (χ3v) is 5.04. The monoisotopic (exact) mass is 373 g/mol. The van der Waals surface area contributed by atoms with Gasteiger partial charge in [0.1, 0.15) is 0 Å². The molecule has 0 aromatic heterocycles. The molecule has 2 aromatic carbocycles. The third-order valence-electron chi connectivity index (χ3n) is 4.55. The highest BCUT2D eigenvalue weighted by Crippen LogP contribution is 2.51. The molecule has 5 heteroatoms. The van der Waals surface area contributed by atoms with Crippen LogP contribution in [0.1, 0.15) is 24.0 Å². The van der Waals surface area contributed by atoms with Crippen molar-refractivity contribution in [3.63, 3.8) is 0 Å². The highest BCUT2D eigenvalue weighted by Gasteiger charge is 2.51. The van der Waals surface area contributed by atoms with Crippen LogP contribution >= 0.6 is 15.9 Å². The Labute approximate surface area is 142 Å². The van der Waals surface area contributed by atoms with Crippen molar-refractivity contribution in [3.8, 4) is 11.5 Å². The molecule has 4 nitrogen and oxygen atoms in total. The quantitative estimate of drug-likeness (QED) is 0.878. The summed E-state index contributed by atoms with van der Waals surface area (Å²) in [6.07, 6.45) is 1.71. The molecular formula is C18H16BrNO3. The summed E-state index contributed by atoms with van der Waals surface area (Å²) in [5.41, 5.74) is 2.44. The number of amides is 1. The van der Waals surface area contributed by atoms with Gasteiger partial charge in [-0.1, -0.05) is 22.0 Å². The van der Waals surface area contributed by atoms with Crippen molar-refractivity contribution in [1.29, 1.82) is 0 Å². The largest absolute Gasteiger partial charge is 0.454 e. The van der Waals surface area contributed by atoms with E-state index < -0.39 is 5.41 Å². The van der Waals surface area contributed by atoms with Crippen molar-refractivity contribution < 1.29 is 14.3 Å². The number of ether oxygens (including phenoxy) is 2. The van der Waals surface area contributed by atoms with E-state index in [0.29, 0.717) is 0 Å². The van der Waals surface area contributed by atoms with Gasteiger partial charge in [-0.25, -0.2) is 0 Å². The molecule has 0 bridgehead atoms. The topological polar surface area (TPSA) is 47.6 Å². The molecule has 0 unspecified atom stereocenters. The SMILES string of the molecule is Cc1cc(Br)ccc1NC(=O)C1(c2ccc3c(c2)OCO3)CC1. The predicted molar refractivity (Wildman–Crippen MR) is 91.0 cm³/mol. The van der Waals surface area contributed by atoms with Crippen LogP contribution in [-0.2, 0) is 10.2 Å². The number of hydrogen-bond acceptors (Lipinski definition) is 3. The van der Waals surface area contributed by atoms with Gasteiger partial charge < -0.3 is 14.8 Å². The zero-order chi connectivity index (χ0) is 16.0. The molecule has 2 aromatic rings. The Kier molecular flexibility index (Phi) is 3.34. The molecule has 1 fully saturated rings. The number of anilines is 1. The summed E-state index contributed by atoms with van der Waals surface area (Å²) < 4.78 is 11.8. The van der Waals surface area contributed by atoms with Gasteiger partial charge in [0.15, 0.2) is 11.5 Å². The van der Waals surface area contributed by atoms with E-state index >= 15 is 0 Å². The molecule has 118 valence electrons. The maximum absolute atomic E-state index is 12.8. The number of nitrogens with one attached hydrogen (secondary N) is 1. The molecule has 1 N–H and O–H groups in total. The first-order valence-electron chi connectivity index (χ1n) is 7.56. The van der Waals surface area contributed by atoms with Crippen molar-refractivity contribution in [3.05, 3.63) is 52.0 Å². The summed E-state index contributed by atoms with van der Waals surface area (Å²) in [5.74, 6) is 1.51. The van der Waals surface area contributed by atoms with Crippen molar-refractivity contribution in [2.24, 2.45) is 0 Å². The minimum absolute atomic E-state index is 0.0433. The van der Waals surface area contributed by atoms with E-state index in [1.165, 1.54) is 0 Å². The average molecular weight is 374 g/mol. The van der Waals surface area contributed by atoms with Crippen LogP contribution in [0.25, 0.3) is 0 Å². The number of hydrogen-bond donors (Lipinski definition) is 1. The van der Waals surface area contributed by atoms with Gasteiger partial charge in [0, 0.05) is 10.2 Å². The van der Waals surface area contributed by atoms with Crippen LogP contribution in [0.15, 0.2) is 40.9 Å². The van der Waals surface area contributed by atoms with Crippen LogP contribution in [0.3, 0.4) is 0 Å². The molecule has 1 saturated carbocycles. The van der Waals surface area contributed by atoms with E-state index in [1.54, 1.807) is 0 Å². The summed E-state index contributed by atoms with van der Waals surface area (Å²) in [6, 6.07) is 11.6. The van der Waals surface area contributed by atoms with Gasteiger partial charge in [-0.2, -0.15) is 0 Å². The summed E-state index contributed by atoms with van der Waals surface area (Å²) in [4.78, 5) is 12.8. The van der Waals surface area contributed by atoms with Gasteiger partial charge in [-0.3, -0.25) is 4.79 Å². The molecule has 0 atom stereocenters. The number of halogens is 1. The van der Waals surface area contributed by atoms with E-state index in [-0.39, 0.29) is 12.7 Å². The number of rotatable bonds is 3. The van der Waals surface area contributed by atoms with Crippen LogP contribution < -0.4 is 14.8 Å². The van der Waals surface area contributed by atoms with Gasteiger partial charge in [-0.05, 0) is 61.2 Å². The number of carbonyl (C=O) groups excluding carboxylic acids is 1. The average Bonchev–Trinajstić information content (AvgIpc) is 3.21. The summed E-state index contributed by atoms with van der Waals surface area (Å²) in [6.45, 7) is 2.23. The number of benzene rings is 2. The molecule has 1 aliphatic heterocycles. The first kappa shape index (κ1) is 14.6. The minimum Gasteiger partial charge on any atom is -0.454 e. The highest BCUT2D eigenvalue weighted by atomic mass is 79.9. The lowest BCUT2D eigenvalue weighted by molar-refractivity contribution is -0.118. The Bertz CT molecular complexity index is 799. The summed E-state index contributed by atoms with van der Waals surface area (Å²) in [7, 11) is 0. The Balaban J connectivity index is 1.60. The van der Waals surface area contributed by atoms with E-state index in [4.69, 9.17) is 9.47 Å². The molecule has 1 aliphatic carbocycles. The van der Waals surface area contributed by atoms with E-state index in [9.17, 15) is 4.79 Å². The maximum atomic E-state index is 12.8. The Morgan fingerprint density at radius 3 is 2.65 bits per heavy atom. The Hall–Kier alpha value is -2.01.